The van der Waals surface area contributed by atoms with Gasteiger partial charge in [-0.1, -0.05) is 11.8 Å². The number of hydrogen-bond donors (Lipinski definition) is 2. The highest BCUT2D eigenvalue weighted by molar-refractivity contribution is 5.83. The summed E-state index contributed by atoms with van der Waals surface area (Å²) in [6.07, 6.45) is 1.74. The minimum absolute atomic E-state index is 0.0550. The van der Waals surface area contributed by atoms with Gasteiger partial charge in [0.25, 0.3) is 0 Å². The molecule has 2 aromatic carbocycles. The second-order valence-electron chi connectivity index (χ2n) is 8.80. The summed E-state index contributed by atoms with van der Waals surface area (Å²) in [5.41, 5.74) is 0.201. The zero-order valence-electron chi connectivity index (χ0n) is 20.3. The molecule has 0 bridgehead atoms. The molecule has 6 nitrogen and oxygen atoms in total. The van der Waals surface area contributed by atoms with Crippen molar-refractivity contribution >= 4 is 16.9 Å². The average molecular weight is 513 g/mol. The highest BCUT2D eigenvalue weighted by Gasteiger charge is 2.22. The maximum absolute atomic E-state index is 14.7. The number of halogens is 3. The minimum Gasteiger partial charge on any atom is -0.497 e. The Bertz CT molecular complexity index is 1350. The fourth-order valence-corrected chi connectivity index (χ4v) is 4.36. The van der Waals surface area contributed by atoms with Crippen LogP contribution < -0.4 is 10.1 Å². The monoisotopic (exact) mass is 512 g/mol. The molecule has 37 heavy (non-hydrogen) atoms. The van der Waals surface area contributed by atoms with Crippen LogP contribution in [-0.2, 0) is 16.0 Å². The van der Waals surface area contributed by atoms with Crippen molar-refractivity contribution in [3.8, 4) is 17.6 Å². The van der Waals surface area contributed by atoms with Crippen molar-refractivity contribution in [3.05, 3.63) is 70.7 Å². The summed E-state index contributed by atoms with van der Waals surface area (Å²) < 4.78 is 54.3. The second kappa shape index (κ2) is 12.1. The van der Waals surface area contributed by atoms with Crippen LogP contribution in [0.2, 0.25) is 0 Å². The van der Waals surface area contributed by atoms with E-state index in [1.165, 1.54) is 13.3 Å². The average Bonchev–Trinajstić information content (AvgIpc) is 2.93. The Kier molecular flexibility index (Phi) is 8.64. The molecule has 1 aliphatic rings. The first-order valence-electron chi connectivity index (χ1n) is 12.0. The predicted molar refractivity (Wildman–Crippen MR) is 131 cm³/mol. The quantitative estimate of drug-likeness (QED) is 0.280. The fourth-order valence-electron chi connectivity index (χ4n) is 4.36. The van der Waals surface area contributed by atoms with Crippen molar-refractivity contribution in [2.24, 2.45) is 5.92 Å². The lowest BCUT2D eigenvalue weighted by Crippen LogP contribution is -2.35. The molecule has 194 valence electrons. The van der Waals surface area contributed by atoms with Crippen LogP contribution in [0.15, 0.2) is 36.5 Å². The minimum atomic E-state index is -1.36. The van der Waals surface area contributed by atoms with Gasteiger partial charge in [-0.3, -0.25) is 9.78 Å². The van der Waals surface area contributed by atoms with Crippen molar-refractivity contribution in [2.75, 3.05) is 26.8 Å². The van der Waals surface area contributed by atoms with Crippen molar-refractivity contribution in [2.45, 2.75) is 31.8 Å². The Morgan fingerprint density at radius 1 is 1.24 bits per heavy atom. The number of ether oxygens (including phenoxy) is 2. The molecule has 3 aromatic rings. The van der Waals surface area contributed by atoms with E-state index in [2.05, 4.69) is 22.1 Å². The number of piperidine rings is 1. The molecule has 4 rings (SSSR count). The highest BCUT2D eigenvalue weighted by atomic mass is 19.2. The van der Waals surface area contributed by atoms with E-state index in [-0.39, 0.29) is 25.4 Å². The largest absolute Gasteiger partial charge is 0.497 e. The zero-order valence-corrected chi connectivity index (χ0v) is 20.3. The lowest BCUT2D eigenvalue weighted by molar-refractivity contribution is -0.147. The van der Waals surface area contributed by atoms with Crippen LogP contribution in [0.25, 0.3) is 10.9 Å². The van der Waals surface area contributed by atoms with Gasteiger partial charge >= 0.3 is 5.97 Å². The van der Waals surface area contributed by atoms with E-state index in [0.717, 1.165) is 19.0 Å². The van der Waals surface area contributed by atoms with E-state index < -0.39 is 40.7 Å². The van der Waals surface area contributed by atoms with Crippen LogP contribution in [0.5, 0.6) is 5.75 Å². The molecule has 0 radical (unpaired) electrons. The van der Waals surface area contributed by atoms with Gasteiger partial charge in [0, 0.05) is 23.7 Å². The van der Waals surface area contributed by atoms with Crippen LogP contribution in [0.3, 0.4) is 0 Å². The first-order valence-corrected chi connectivity index (χ1v) is 12.0. The van der Waals surface area contributed by atoms with Gasteiger partial charge < -0.3 is 19.9 Å². The van der Waals surface area contributed by atoms with Gasteiger partial charge in [0.05, 0.1) is 30.2 Å². The Labute approximate surface area is 212 Å². The standard InChI is InChI=1S/C28H27F3N2O4/c1-36-19-6-8-24-22(15-19)20(10-12-33-24)25(34)9-7-21-23(29)14-17(26(30)27(21)31)5-3-13-37-28(35)18-4-2-11-32-16-18/h6,8,10,12,14-15,18,25,32,34H,2,4,7,9,11,13,16H2,1H3/t18-,25-/m1/s1. The van der Waals surface area contributed by atoms with Gasteiger partial charge in [0.2, 0.25) is 0 Å². The summed E-state index contributed by atoms with van der Waals surface area (Å²) in [6, 6.07) is 7.63. The molecule has 1 fully saturated rings. The number of aliphatic hydroxyl groups excluding tert-OH is 1. The number of fused-ring (bicyclic) bond motifs is 1. The fraction of sp³-hybridized carbons (Fsp3) is 0.357. The van der Waals surface area contributed by atoms with E-state index in [1.807, 2.05) is 0 Å². The van der Waals surface area contributed by atoms with Crippen molar-refractivity contribution in [3.63, 3.8) is 0 Å². The molecule has 1 aliphatic heterocycles. The van der Waals surface area contributed by atoms with E-state index in [1.54, 1.807) is 24.3 Å². The van der Waals surface area contributed by atoms with Gasteiger partial charge in [0.15, 0.2) is 18.2 Å². The topological polar surface area (TPSA) is 80.7 Å². The lowest BCUT2D eigenvalue weighted by atomic mass is 9.97. The molecule has 0 saturated carbocycles. The molecule has 2 heterocycles. The van der Waals surface area contributed by atoms with Crippen LogP contribution in [-0.4, -0.2) is 42.9 Å². The number of aliphatic hydroxyl groups is 1. The number of aromatic nitrogens is 1. The molecule has 0 spiro atoms. The van der Waals surface area contributed by atoms with Gasteiger partial charge in [-0.2, -0.15) is 0 Å². The molecule has 2 atom stereocenters. The van der Waals surface area contributed by atoms with Crippen LogP contribution in [0.4, 0.5) is 13.2 Å². The number of hydrogen-bond acceptors (Lipinski definition) is 6. The number of benzene rings is 2. The van der Waals surface area contributed by atoms with Gasteiger partial charge in [-0.05, 0) is 68.1 Å². The SMILES string of the molecule is COc1ccc2nccc([C@H](O)CCc3c(F)cc(C#CCOC(=O)[C@@H]4CCCNC4)c(F)c3F)c2c1. The molecule has 0 aliphatic carbocycles. The molecule has 0 unspecified atom stereocenters. The Morgan fingerprint density at radius 3 is 2.84 bits per heavy atom. The summed E-state index contributed by atoms with van der Waals surface area (Å²) >= 11 is 0. The Balaban J connectivity index is 1.43. The van der Waals surface area contributed by atoms with Gasteiger partial charge in [-0.15, -0.1) is 0 Å². The molecular formula is C28H27F3N2O4. The third-order valence-electron chi connectivity index (χ3n) is 6.40. The molecule has 0 amide bonds. The summed E-state index contributed by atoms with van der Waals surface area (Å²) in [5.74, 6) is 1.06. The van der Waals surface area contributed by atoms with E-state index in [4.69, 9.17) is 9.47 Å². The maximum Gasteiger partial charge on any atom is 0.311 e. The normalized spacial score (nSPS) is 16.1. The first kappa shape index (κ1) is 26.5. The van der Waals surface area contributed by atoms with Crippen LogP contribution in [0, 0.1) is 35.2 Å². The van der Waals surface area contributed by atoms with E-state index in [9.17, 15) is 23.1 Å². The highest BCUT2D eigenvalue weighted by Crippen LogP contribution is 2.30. The smallest absolute Gasteiger partial charge is 0.311 e. The van der Waals surface area contributed by atoms with E-state index in [0.29, 0.717) is 35.2 Å². The Hall–Kier alpha value is -3.61. The van der Waals surface area contributed by atoms with E-state index >= 15 is 0 Å². The number of esters is 1. The summed E-state index contributed by atoms with van der Waals surface area (Å²) in [7, 11) is 1.52. The second-order valence-corrected chi connectivity index (χ2v) is 8.80. The molecular weight excluding hydrogens is 485 g/mol. The first-order chi connectivity index (χ1) is 17.9. The maximum atomic E-state index is 14.7. The summed E-state index contributed by atoms with van der Waals surface area (Å²) in [4.78, 5) is 16.3. The predicted octanol–water partition coefficient (Wildman–Crippen LogP) is 4.22. The third-order valence-corrected chi connectivity index (χ3v) is 6.40. The molecule has 2 N–H and O–H groups in total. The molecule has 9 heteroatoms. The zero-order chi connectivity index (χ0) is 26.4. The number of methoxy groups -OCH3 is 1. The number of carbonyl (C=O) groups excluding carboxylic acids is 1. The summed E-state index contributed by atoms with van der Waals surface area (Å²) in [5, 5.41) is 14.5. The Morgan fingerprint density at radius 2 is 2.08 bits per heavy atom. The van der Waals surface area contributed by atoms with Crippen LogP contribution in [0.1, 0.15) is 42.1 Å². The third kappa shape index (κ3) is 6.21. The van der Waals surface area contributed by atoms with Crippen LogP contribution >= 0.6 is 0 Å². The number of pyridine rings is 1. The van der Waals surface area contributed by atoms with Crippen molar-refractivity contribution in [1.29, 1.82) is 0 Å². The summed E-state index contributed by atoms with van der Waals surface area (Å²) in [6.45, 7) is 1.07. The van der Waals surface area contributed by atoms with Gasteiger partial charge in [-0.25, -0.2) is 13.2 Å². The number of nitrogens with one attached hydrogen (secondary N) is 1. The number of carbonyl (C=O) groups is 1. The molecule has 1 saturated heterocycles. The number of nitrogens with zero attached hydrogens (tertiary/aromatic N) is 1. The number of rotatable bonds is 7. The lowest BCUT2D eigenvalue weighted by Gasteiger charge is -2.20. The molecule has 1 aromatic heterocycles. The van der Waals surface area contributed by atoms with Crippen molar-refractivity contribution in [1.82, 2.24) is 10.3 Å². The van der Waals surface area contributed by atoms with Crippen molar-refractivity contribution < 1.29 is 32.5 Å². The van der Waals surface area contributed by atoms with Gasteiger partial charge in [0.1, 0.15) is 11.6 Å².